The maximum absolute atomic E-state index is 9.06. The van der Waals surface area contributed by atoms with Gasteiger partial charge in [0, 0.05) is 0 Å². The number of nitrogens with zero attached hydrogens (tertiary/aromatic N) is 1. The predicted octanol–water partition coefficient (Wildman–Crippen LogP) is 0.709. The van der Waals surface area contributed by atoms with Crippen LogP contribution < -0.4 is 0 Å². The van der Waals surface area contributed by atoms with Gasteiger partial charge in [0.15, 0.2) is 0 Å². The normalized spacial score (nSPS) is 7.00. The van der Waals surface area contributed by atoms with Gasteiger partial charge < -0.3 is 0 Å². The van der Waals surface area contributed by atoms with Gasteiger partial charge in [-0.2, -0.15) is 0 Å². The molecule has 0 fully saturated rings. The van der Waals surface area contributed by atoms with Crippen molar-refractivity contribution in [1.82, 2.24) is 4.67 Å². The van der Waals surface area contributed by atoms with Gasteiger partial charge in [-0.15, -0.1) is 0 Å². The molecule has 0 aliphatic rings. The molecule has 0 aromatic carbocycles. The van der Waals surface area contributed by atoms with Gasteiger partial charge in [0.25, 0.3) is 0 Å². The van der Waals surface area contributed by atoms with E-state index in [9.17, 15) is 0 Å². The molecule has 0 aliphatic carbocycles. The van der Waals surface area contributed by atoms with E-state index in [0.29, 0.717) is 6.29 Å². The summed E-state index contributed by atoms with van der Waals surface area (Å²) in [6, 6.07) is 0. The quantitative estimate of drug-likeness (QED) is 0.298. The van der Waals surface area contributed by atoms with Gasteiger partial charge in [-0.1, -0.05) is 16.0 Å². The summed E-state index contributed by atoms with van der Waals surface area (Å²) in [4.78, 5) is 9.06. The Kier molecular flexibility index (Phi) is 13.3. The van der Waals surface area contributed by atoms with E-state index in [1.165, 1.54) is 6.08 Å². The smallest absolute Gasteiger partial charge is 0.142 e. The van der Waals surface area contributed by atoms with Crippen LogP contribution in [0.1, 0.15) is 0 Å². The number of rotatable bonds is 1. The average Bonchev–Trinajstić information content (AvgIpc) is 1.65. The van der Waals surface area contributed by atoms with Gasteiger partial charge in [-0.25, -0.2) is 0 Å². The molecule has 0 aliphatic heterocycles. The second-order valence-electron chi connectivity index (χ2n) is 1.34. The van der Waals surface area contributed by atoms with Crippen molar-refractivity contribution in [3.8, 4) is 0 Å². The van der Waals surface area contributed by atoms with Crippen LogP contribution in [0.5, 0.6) is 0 Å². The molecule has 0 saturated heterocycles. The number of hydrogen-bond acceptors (Lipinski definition) is 2. The zero-order valence-electron chi connectivity index (χ0n) is 5.29. The van der Waals surface area contributed by atoms with Gasteiger partial charge in [-0.05, 0) is 20.2 Å². The molecule has 0 N–H and O–H groups in total. The van der Waals surface area contributed by atoms with E-state index >= 15 is 0 Å². The molecule has 2 nitrogen and oxygen atoms in total. The van der Waals surface area contributed by atoms with Crippen LogP contribution in [0.25, 0.3) is 0 Å². The fourth-order valence-corrected chi connectivity index (χ4v) is 0. The molecule has 0 radical (unpaired) electrons. The zero-order valence-corrected chi connectivity index (χ0v) is 6.45. The largest absolute Gasteiger partial charge is 0.299 e. The van der Waals surface area contributed by atoms with Crippen LogP contribution in [0.4, 0.5) is 0 Å². The fraction of sp³-hybridized carbons (Fsp3) is 0.400. The van der Waals surface area contributed by atoms with Crippen molar-refractivity contribution in [1.29, 1.82) is 0 Å². The van der Waals surface area contributed by atoms with E-state index in [1.54, 1.807) is 0 Å². The second kappa shape index (κ2) is 9.93. The third-order valence-electron chi connectivity index (χ3n) is 0.0962. The van der Waals surface area contributed by atoms with Crippen molar-refractivity contribution in [2.45, 2.75) is 0 Å². The molecule has 0 amide bonds. The first kappa shape index (κ1) is 10.7. The third kappa shape index (κ3) is 209. The van der Waals surface area contributed by atoms with Gasteiger partial charge in [0.1, 0.15) is 6.29 Å². The predicted molar refractivity (Wildman–Crippen MR) is 39.7 cm³/mol. The molecule has 0 saturated carbocycles. The van der Waals surface area contributed by atoms with Crippen molar-refractivity contribution < 1.29 is 4.79 Å². The molecule has 1 atom stereocenters. The van der Waals surface area contributed by atoms with E-state index < -0.39 is 0 Å². The lowest BCUT2D eigenvalue weighted by Crippen LogP contribution is -1.88. The summed E-state index contributed by atoms with van der Waals surface area (Å²) in [5, 5.41) is 0. The van der Waals surface area contributed by atoms with Crippen LogP contribution >= 0.6 is 9.39 Å². The highest BCUT2D eigenvalue weighted by atomic mass is 31.0. The topological polar surface area (TPSA) is 20.3 Å². The van der Waals surface area contributed by atoms with Gasteiger partial charge in [0.2, 0.25) is 0 Å². The molecule has 1 unspecified atom stereocenters. The van der Waals surface area contributed by atoms with Crippen molar-refractivity contribution in [2.75, 3.05) is 14.1 Å². The Morgan fingerprint density at radius 1 is 1.62 bits per heavy atom. The Morgan fingerprint density at radius 3 is 1.75 bits per heavy atom. The fourth-order valence-electron chi connectivity index (χ4n) is 0. The SMILES string of the molecule is C=CC=O.CN(C)P. The molecule has 48 valence electrons. The summed E-state index contributed by atoms with van der Waals surface area (Å²) >= 11 is 0. The van der Waals surface area contributed by atoms with Crippen LogP contribution in [-0.4, -0.2) is 25.1 Å². The van der Waals surface area contributed by atoms with Crippen LogP contribution in [0.15, 0.2) is 12.7 Å². The highest BCUT2D eigenvalue weighted by Gasteiger charge is 1.58. The van der Waals surface area contributed by atoms with Gasteiger partial charge in [0.05, 0.1) is 0 Å². The van der Waals surface area contributed by atoms with Crippen molar-refractivity contribution >= 4 is 15.7 Å². The highest BCUT2D eigenvalue weighted by Crippen LogP contribution is 1.78. The van der Waals surface area contributed by atoms with Crippen molar-refractivity contribution in [3.05, 3.63) is 12.7 Å². The summed E-state index contributed by atoms with van der Waals surface area (Å²) < 4.78 is 1.92. The summed E-state index contributed by atoms with van der Waals surface area (Å²) in [6.07, 6.45) is 1.83. The first-order chi connectivity index (χ1) is 3.65. The molecule has 8 heavy (non-hydrogen) atoms. The monoisotopic (exact) mass is 133 g/mol. The Morgan fingerprint density at radius 2 is 1.75 bits per heavy atom. The summed E-state index contributed by atoms with van der Waals surface area (Å²) in [7, 11) is 6.42. The van der Waals surface area contributed by atoms with E-state index in [4.69, 9.17) is 4.79 Å². The Labute approximate surface area is 52.8 Å². The highest BCUT2D eigenvalue weighted by molar-refractivity contribution is 7.13. The maximum Gasteiger partial charge on any atom is 0.142 e. The first-order valence-corrected chi connectivity index (χ1v) is 2.65. The standard InChI is InChI=1S/C3H4O.C2H8NP/c1-2-3-4;1-3(2)4/h2-3H,1H2;4H2,1-2H3. The molecule has 0 spiro atoms. The minimum atomic E-state index is 0.639. The number of aldehydes is 1. The molecule has 0 heterocycles. The maximum atomic E-state index is 9.06. The van der Waals surface area contributed by atoms with E-state index in [0.717, 1.165) is 0 Å². The Hall–Kier alpha value is -0.200. The minimum absolute atomic E-state index is 0.639. The van der Waals surface area contributed by atoms with Crippen molar-refractivity contribution in [2.24, 2.45) is 0 Å². The number of carbonyl (C=O) groups is 1. The lowest BCUT2D eigenvalue weighted by Gasteiger charge is -1.90. The van der Waals surface area contributed by atoms with E-state index in [-0.39, 0.29) is 0 Å². The summed E-state index contributed by atoms with van der Waals surface area (Å²) in [5.41, 5.74) is 0. The van der Waals surface area contributed by atoms with Crippen LogP contribution in [-0.2, 0) is 4.79 Å². The molecular weight excluding hydrogens is 121 g/mol. The molecular formula is C5H12NOP. The Balaban J connectivity index is 0. The lowest BCUT2D eigenvalue weighted by molar-refractivity contribution is -0.104. The molecule has 0 rings (SSSR count). The average molecular weight is 133 g/mol. The van der Waals surface area contributed by atoms with E-state index in [1.807, 2.05) is 18.8 Å². The van der Waals surface area contributed by atoms with Gasteiger partial charge in [-0.3, -0.25) is 9.46 Å². The number of hydrogen-bond donors (Lipinski definition) is 0. The Bertz CT molecular complexity index is 54.7. The second-order valence-corrected chi connectivity index (χ2v) is 2.37. The summed E-state index contributed by atoms with van der Waals surface area (Å²) in [5.74, 6) is 0. The minimum Gasteiger partial charge on any atom is -0.299 e. The molecule has 0 aromatic rings. The molecule has 0 aromatic heterocycles. The number of carbonyl (C=O) groups excluding carboxylic acids is 1. The first-order valence-electron chi connectivity index (χ1n) is 2.13. The van der Waals surface area contributed by atoms with Crippen LogP contribution in [0, 0.1) is 0 Å². The van der Waals surface area contributed by atoms with Crippen molar-refractivity contribution in [3.63, 3.8) is 0 Å². The third-order valence-corrected chi connectivity index (χ3v) is 0.0962. The van der Waals surface area contributed by atoms with Gasteiger partial charge >= 0.3 is 0 Å². The number of allylic oxidation sites excluding steroid dienone is 1. The summed E-state index contributed by atoms with van der Waals surface area (Å²) in [6.45, 7) is 3.11. The van der Waals surface area contributed by atoms with E-state index in [2.05, 4.69) is 16.0 Å². The van der Waals surface area contributed by atoms with Crippen LogP contribution in [0.2, 0.25) is 0 Å². The molecule has 0 bridgehead atoms. The lowest BCUT2D eigenvalue weighted by atomic mass is 10.8. The van der Waals surface area contributed by atoms with Crippen LogP contribution in [0.3, 0.4) is 0 Å². The molecule has 3 heteroatoms. The zero-order chi connectivity index (χ0) is 6.99.